The molecule has 0 fully saturated rings. The molecule has 0 saturated carbocycles. The minimum Gasteiger partial charge on any atom is -0.326 e. The molecular formula is C13H21ClN2O2S. The first kappa shape index (κ1) is 16.4. The molecule has 1 atom stereocenters. The quantitative estimate of drug-likeness (QED) is 0.847. The van der Waals surface area contributed by atoms with E-state index in [2.05, 4.69) is 18.6 Å². The maximum absolute atomic E-state index is 12.1. The van der Waals surface area contributed by atoms with E-state index in [-0.39, 0.29) is 17.4 Å². The zero-order valence-corrected chi connectivity index (χ0v) is 13.1. The van der Waals surface area contributed by atoms with E-state index in [1.165, 1.54) is 12.1 Å². The van der Waals surface area contributed by atoms with E-state index in [9.17, 15) is 8.42 Å². The van der Waals surface area contributed by atoms with E-state index >= 15 is 0 Å². The molecule has 0 spiro atoms. The van der Waals surface area contributed by atoms with Crippen LogP contribution in [0, 0.1) is 11.8 Å². The summed E-state index contributed by atoms with van der Waals surface area (Å²) in [5.74, 6) is 0.694. The van der Waals surface area contributed by atoms with Crippen LogP contribution in [-0.2, 0) is 16.6 Å². The first-order chi connectivity index (χ1) is 8.77. The van der Waals surface area contributed by atoms with Gasteiger partial charge in [-0.15, -0.1) is 0 Å². The molecule has 0 bridgehead atoms. The number of nitrogens with one attached hydrogen (secondary N) is 1. The van der Waals surface area contributed by atoms with Crippen molar-refractivity contribution in [2.24, 2.45) is 17.6 Å². The van der Waals surface area contributed by atoms with Gasteiger partial charge in [0.1, 0.15) is 0 Å². The first-order valence-electron chi connectivity index (χ1n) is 6.26. The van der Waals surface area contributed by atoms with Crippen molar-refractivity contribution >= 4 is 21.6 Å². The molecule has 1 rings (SSSR count). The van der Waals surface area contributed by atoms with Gasteiger partial charge in [-0.1, -0.05) is 38.4 Å². The summed E-state index contributed by atoms with van der Waals surface area (Å²) >= 11 is 5.98. The Bertz CT molecular complexity index is 529. The number of benzene rings is 1. The predicted molar refractivity (Wildman–Crippen MR) is 78.5 cm³/mol. The summed E-state index contributed by atoms with van der Waals surface area (Å²) in [5, 5.41) is 0.377. The van der Waals surface area contributed by atoms with Gasteiger partial charge in [0.15, 0.2) is 0 Å². The van der Waals surface area contributed by atoms with Crippen LogP contribution >= 0.6 is 11.6 Å². The summed E-state index contributed by atoms with van der Waals surface area (Å²) in [4.78, 5) is 0.172. The lowest BCUT2D eigenvalue weighted by atomic mass is 9.99. The number of rotatable bonds is 6. The molecule has 1 aromatic rings. The van der Waals surface area contributed by atoms with Gasteiger partial charge in [0.05, 0.1) is 4.90 Å². The first-order valence-corrected chi connectivity index (χ1v) is 8.12. The lowest BCUT2D eigenvalue weighted by Gasteiger charge is -2.16. The summed E-state index contributed by atoms with van der Waals surface area (Å²) in [7, 11) is -3.51. The second kappa shape index (κ2) is 6.70. The van der Waals surface area contributed by atoms with E-state index in [1.54, 1.807) is 6.07 Å². The summed E-state index contributed by atoms with van der Waals surface area (Å²) in [6, 6.07) is 4.60. The molecule has 108 valence electrons. The fourth-order valence-corrected chi connectivity index (χ4v) is 2.91. The van der Waals surface area contributed by atoms with Crippen LogP contribution < -0.4 is 10.5 Å². The Balaban J connectivity index is 2.86. The number of hydrogen-bond acceptors (Lipinski definition) is 3. The fourth-order valence-electron chi connectivity index (χ4n) is 1.42. The van der Waals surface area contributed by atoms with Crippen molar-refractivity contribution in [3.63, 3.8) is 0 Å². The molecule has 0 amide bonds. The monoisotopic (exact) mass is 304 g/mol. The topological polar surface area (TPSA) is 72.2 Å². The van der Waals surface area contributed by atoms with Gasteiger partial charge in [0, 0.05) is 18.1 Å². The van der Waals surface area contributed by atoms with Crippen LogP contribution in [0.4, 0.5) is 0 Å². The SMILES string of the molecule is CC(C)C(C)CNS(=O)(=O)c1ccc(CN)c(Cl)c1. The van der Waals surface area contributed by atoms with Gasteiger partial charge in [-0.05, 0) is 29.5 Å². The number of halogens is 1. The third-order valence-corrected chi connectivity index (χ3v) is 5.06. The second-order valence-electron chi connectivity index (χ2n) is 5.03. The van der Waals surface area contributed by atoms with E-state index in [0.717, 1.165) is 5.56 Å². The molecule has 0 saturated heterocycles. The van der Waals surface area contributed by atoms with Gasteiger partial charge < -0.3 is 5.73 Å². The zero-order chi connectivity index (χ0) is 14.6. The highest BCUT2D eigenvalue weighted by Gasteiger charge is 2.17. The van der Waals surface area contributed by atoms with Crippen LogP contribution in [-0.4, -0.2) is 15.0 Å². The average molecular weight is 305 g/mol. The number of hydrogen-bond donors (Lipinski definition) is 2. The summed E-state index contributed by atoms with van der Waals surface area (Å²) < 4.78 is 26.8. The lowest BCUT2D eigenvalue weighted by Crippen LogP contribution is -2.30. The highest BCUT2D eigenvalue weighted by Crippen LogP contribution is 2.20. The molecule has 1 unspecified atom stereocenters. The normalized spacial score (nSPS) is 13.8. The Morgan fingerprint density at radius 1 is 1.32 bits per heavy atom. The van der Waals surface area contributed by atoms with Crippen LogP contribution in [0.25, 0.3) is 0 Å². The van der Waals surface area contributed by atoms with Crippen LogP contribution in [0.2, 0.25) is 5.02 Å². The van der Waals surface area contributed by atoms with Gasteiger partial charge in [0.25, 0.3) is 0 Å². The predicted octanol–water partition coefficient (Wildman–Crippen LogP) is 2.37. The van der Waals surface area contributed by atoms with Crippen molar-refractivity contribution in [3.05, 3.63) is 28.8 Å². The zero-order valence-electron chi connectivity index (χ0n) is 11.5. The Hall–Kier alpha value is -0.620. The third-order valence-electron chi connectivity index (χ3n) is 3.29. The molecule has 6 heteroatoms. The number of sulfonamides is 1. The van der Waals surface area contributed by atoms with Crippen molar-refractivity contribution in [2.75, 3.05) is 6.54 Å². The van der Waals surface area contributed by atoms with Gasteiger partial charge in [0.2, 0.25) is 10.0 Å². The molecule has 3 N–H and O–H groups in total. The standard InChI is InChI=1S/C13H21ClN2O2S/c1-9(2)10(3)8-16-19(17,18)12-5-4-11(7-15)13(14)6-12/h4-6,9-10,16H,7-8,15H2,1-3H3. The molecule has 0 aromatic heterocycles. The molecule has 0 radical (unpaired) electrons. The average Bonchev–Trinajstić information content (AvgIpc) is 2.35. The molecule has 1 aromatic carbocycles. The van der Waals surface area contributed by atoms with Gasteiger partial charge in [-0.25, -0.2) is 13.1 Å². The van der Waals surface area contributed by atoms with Gasteiger partial charge >= 0.3 is 0 Å². The van der Waals surface area contributed by atoms with Crippen molar-refractivity contribution in [1.29, 1.82) is 0 Å². The molecule has 4 nitrogen and oxygen atoms in total. The van der Waals surface area contributed by atoms with Gasteiger partial charge in [-0.2, -0.15) is 0 Å². The molecule has 0 aliphatic carbocycles. The van der Waals surface area contributed by atoms with Crippen molar-refractivity contribution in [1.82, 2.24) is 4.72 Å². The van der Waals surface area contributed by atoms with E-state index in [1.807, 2.05) is 6.92 Å². The van der Waals surface area contributed by atoms with E-state index in [0.29, 0.717) is 17.5 Å². The maximum Gasteiger partial charge on any atom is 0.240 e. The number of nitrogens with two attached hydrogens (primary N) is 1. The van der Waals surface area contributed by atoms with Crippen LogP contribution in [0.15, 0.2) is 23.1 Å². The Labute approximate surface area is 120 Å². The van der Waals surface area contributed by atoms with Crippen molar-refractivity contribution < 1.29 is 8.42 Å². The van der Waals surface area contributed by atoms with Crippen LogP contribution in [0.3, 0.4) is 0 Å². The minimum absolute atomic E-state index is 0.172. The Morgan fingerprint density at radius 2 is 1.95 bits per heavy atom. The Morgan fingerprint density at radius 3 is 2.42 bits per heavy atom. The van der Waals surface area contributed by atoms with Crippen molar-refractivity contribution in [2.45, 2.75) is 32.2 Å². The highest BCUT2D eigenvalue weighted by molar-refractivity contribution is 7.89. The molecule has 19 heavy (non-hydrogen) atoms. The second-order valence-corrected chi connectivity index (χ2v) is 7.20. The fraction of sp³-hybridized carbons (Fsp3) is 0.538. The smallest absolute Gasteiger partial charge is 0.240 e. The van der Waals surface area contributed by atoms with E-state index < -0.39 is 10.0 Å². The maximum atomic E-state index is 12.1. The van der Waals surface area contributed by atoms with Gasteiger partial charge in [-0.3, -0.25) is 0 Å². The molecular weight excluding hydrogens is 284 g/mol. The van der Waals surface area contributed by atoms with E-state index in [4.69, 9.17) is 17.3 Å². The minimum atomic E-state index is -3.51. The summed E-state index contributed by atoms with van der Waals surface area (Å²) in [6.07, 6.45) is 0. The third kappa shape index (κ3) is 4.45. The summed E-state index contributed by atoms with van der Waals surface area (Å²) in [6.45, 7) is 6.84. The molecule has 0 heterocycles. The van der Waals surface area contributed by atoms with Crippen LogP contribution in [0.1, 0.15) is 26.3 Å². The van der Waals surface area contributed by atoms with Crippen LogP contribution in [0.5, 0.6) is 0 Å². The largest absolute Gasteiger partial charge is 0.326 e. The molecule has 0 aliphatic rings. The Kier molecular flexibility index (Phi) is 5.80. The van der Waals surface area contributed by atoms with Crippen molar-refractivity contribution in [3.8, 4) is 0 Å². The highest BCUT2D eigenvalue weighted by atomic mass is 35.5. The molecule has 0 aliphatic heterocycles. The summed E-state index contributed by atoms with van der Waals surface area (Å²) in [5.41, 5.74) is 6.22. The lowest BCUT2D eigenvalue weighted by molar-refractivity contribution is 0.414.